The molecule has 1 N–H and O–H groups in total. The summed E-state index contributed by atoms with van der Waals surface area (Å²) in [6.45, 7) is 1.54. The summed E-state index contributed by atoms with van der Waals surface area (Å²) >= 11 is 1.30. The minimum atomic E-state index is -3.76. The van der Waals surface area contributed by atoms with E-state index in [2.05, 4.69) is 5.32 Å². The van der Waals surface area contributed by atoms with Gasteiger partial charge in [0.2, 0.25) is 15.9 Å². The first-order valence-corrected chi connectivity index (χ1v) is 11.1. The summed E-state index contributed by atoms with van der Waals surface area (Å²) in [5.74, 6) is -0.865. The maximum Gasteiger partial charge on any atom is 0.348 e. The Kier molecular flexibility index (Phi) is 6.31. The van der Waals surface area contributed by atoms with Gasteiger partial charge in [-0.25, -0.2) is 13.2 Å². The van der Waals surface area contributed by atoms with Crippen LogP contribution in [0.4, 0.5) is 5.69 Å². The molecule has 0 radical (unpaired) electrons. The first kappa shape index (κ1) is 21.0. The number of carbonyl (C=O) groups is 2. The zero-order valence-corrected chi connectivity index (χ0v) is 17.5. The summed E-state index contributed by atoms with van der Waals surface area (Å²) in [6.07, 6.45) is 0. The van der Waals surface area contributed by atoms with Crippen molar-refractivity contribution in [2.45, 2.75) is 11.8 Å². The van der Waals surface area contributed by atoms with Gasteiger partial charge in [0.15, 0.2) is 0 Å². The number of fused-ring (bicyclic) bond motifs is 1. The van der Waals surface area contributed by atoms with Gasteiger partial charge >= 0.3 is 5.97 Å². The van der Waals surface area contributed by atoms with E-state index in [-0.39, 0.29) is 18.0 Å². The maximum atomic E-state index is 12.7. The third-order valence-corrected chi connectivity index (χ3v) is 7.27. The van der Waals surface area contributed by atoms with Crippen molar-refractivity contribution in [3.63, 3.8) is 0 Å². The predicted molar refractivity (Wildman–Crippen MR) is 113 cm³/mol. The molecule has 0 saturated heterocycles. The molecule has 0 bridgehead atoms. The van der Waals surface area contributed by atoms with E-state index < -0.39 is 21.9 Å². The van der Waals surface area contributed by atoms with Crippen molar-refractivity contribution in [1.29, 1.82) is 0 Å². The highest BCUT2D eigenvalue weighted by Crippen LogP contribution is 2.28. The quantitative estimate of drug-likeness (QED) is 0.578. The lowest BCUT2D eigenvalue weighted by molar-refractivity contribution is -0.116. The van der Waals surface area contributed by atoms with Gasteiger partial charge in [0, 0.05) is 16.9 Å². The fraction of sp³-hybridized carbons (Fsp3) is 0.200. The number of esters is 1. The van der Waals surface area contributed by atoms with Crippen molar-refractivity contribution in [1.82, 2.24) is 4.31 Å². The molecular weight excluding hydrogens is 412 g/mol. The van der Waals surface area contributed by atoms with Crippen molar-refractivity contribution in [2.24, 2.45) is 0 Å². The molecule has 0 atom stereocenters. The van der Waals surface area contributed by atoms with Gasteiger partial charge in [-0.05, 0) is 41.8 Å². The number of benzene rings is 2. The molecule has 1 heterocycles. The minimum Gasteiger partial charge on any atom is -0.465 e. The first-order chi connectivity index (χ1) is 13.8. The smallest absolute Gasteiger partial charge is 0.348 e. The lowest BCUT2D eigenvalue weighted by atomic mass is 10.2. The Morgan fingerprint density at radius 3 is 2.48 bits per heavy atom. The van der Waals surface area contributed by atoms with Crippen molar-refractivity contribution in [3.8, 4) is 0 Å². The van der Waals surface area contributed by atoms with Crippen LogP contribution >= 0.6 is 11.3 Å². The second-order valence-corrected chi connectivity index (χ2v) is 9.17. The summed E-state index contributed by atoms with van der Waals surface area (Å²) in [7, 11) is -2.44. The zero-order chi connectivity index (χ0) is 21.0. The molecule has 7 nitrogen and oxygen atoms in total. The average molecular weight is 433 g/mol. The van der Waals surface area contributed by atoms with Crippen LogP contribution in [0.15, 0.2) is 59.5 Å². The van der Waals surface area contributed by atoms with Crippen LogP contribution in [0, 0.1) is 0 Å². The Bertz CT molecular complexity index is 1140. The molecule has 0 unspecified atom stereocenters. The van der Waals surface area contributed by atoms with E-state index in [9.17, 15) is 18.0 Å². The van der Waals surface area contributed by atoms with Crippen LogP contribution in [0.1, 0.15) is 16.6 Å². The van der Waals surface area contributed by atoms with Crippen molar-refractivity contribution < 1.29 is 22.7 Å². The molecule has 0 aliphatic rings. The van der Waals surface area contributed by atoms with Gasteiger partial charge in [-0.3, -0.25) is 4.79 Å². The third-order valence-electron chi connectivity index (χ3n) is 4.24. The Balaban J connectivity index is 1.74. The molecule has 0 spiro atoms. The first-order valence-electron chi connectivity index (χ1n) is 8.82. The summed E-state index contributed by atoms with van der Waals surface area (Å²) in [5, 5.41) is 3.51. The molecule has 0 saturated carbocycles. The third kappa shape index (κ3) is 4.64. The number of rotatable bonds is 7. The lowest BCUT2D eigenvalue weighted by Crippen LogP contribution is -2.37. The number of carbonyl (C=O) groups excluding carboxylic acids is 2. The maximum absolute atomic E-state index is 12.7. The van der Waals surface area contributed by atoms with Crippen LogP contribution in [-0.2, 0) is 19.6 Å². The molecule has 152 valence electrons. The number of thiophene rings is 1. The molecule has 29 heavy (non-hydrogen) atoms. The van der Waals surface area contributed by atoms with Gasteiger partial charge in [-0.2, -0.15) is 4.31 Å². The molecule has 3 aromatic rings. The number of nitrogens with one attached hydrogen (secondary N) is 1. The number of hydrogen-bond donors (Lipinski definition) is 1. The van der Waals surface area contributed by atoms with Gasteiger partial charge in [0.1, 0.15) is 4.88 Å². The highest BCUT2D eigenvalue weighted by Gasteiger charge is 2.25. The van der Waals surface area contributed by atoms with E-state index in [0.717, 1.165) is 14.4 Å². The summed E-state index contributed by atoms with van der Waals surface area (Å²) in [5.41, 5.74) is 0.518. The molecule has 9 heteroatoms. The molecule has 0 fully saturated rings. The molecule has 0 aliphatic heterocycles. The number of hydrogen-bond acceptors (Lipinski definition) is 6. The van der Waals surface area contributed by atoms with E-state index in [1.807, 2.05) is 0 Å². The molecule has 2 aromatic carbocycles. The topological polar surface area (TPSA) is 92.8 Å². The van der Waals surface area contributed by atoms with E-state index in [4.69, 9.17) is 4.74 Å². The van der Waals surface area contributed by atoms with E-state index >= 15 is 0 Å². The highest BCUT2D eigenvalue weighted by atomic mass is 32.2. The number of ether oxygens (including phenoxy) is 1. The number of methoxy groups -OCH3 is 1. The van der Waals surface area contributed by atoms with Crippen LogP contribution in [-0.4, -0.2) is 44.8 Å². The average Bonchev–Trinajstić information content (AvgIpc) is 3.15. The van der Waals surface area contributed by atoms with Crippen LogP contribution < -0.4 is 5.32 Å². The summed E-state index contributed by atoms with van der Waals surface area (Å²) < 4.78 is 32.2. The van der Waals surface area contributed by atoms with Crippen LogP contribution in [0.5, 0.6) is 0 Å². The van der Waals surface area contributed by atoms with Gasteiger partial charge < -0.3 is 10.1 Å². The van der Waals surface area contributed by atoms with Crippen LogP contribution in [0.3, 0.4) is 0 Å². The molecule has 1 amide bonds. The standard InChI is InChI=1S/C20H20N2O5S2/c1-3-22(29(25,26)16-7-5-4-6-8-16)13-19(23)21-15-9-10-17-14(11-15)12-18(28-17)20(24)27-2/h4-12H,3,13H2,1-2H3,(H,21,23). The van der Waals surface area contributed by atoms with Gasteiger partial charge in [0.25, 0.3) is 0 Å². The molecular formula is C20H20N2O5S2. The molecule has 3 rings (SSSR count). The number of anilines is 1. The normalized spacial score (nSPS) is 11.6. The largest absolute Gasteiger partial charge is 0.465 e. The molecule has 1 aromatic heterocycles. The minimum absolute atomic E-state index is 0.143. The fourth-order valence-electron chi connectivity index (χ4n) is 2.79. The van der Waals surface area contributed by atoms with E-state index in [1.165, 1.54) is 30.6 Å². The number of likely N-dealkylation sites (N-methyl/N-ethyl adjacent to an activating group) is 1. The summed E-state index contributed by atoms with van der Waals surface area (Å²) in [6, 6.07) is 14.9. The predicted octanol–water partition coefficient (Wildman–Crippen LogP) is 3.34. The zero-order valence-electron chi connectivity index (χ0n) is 15.9. The monoisotopic (exact) mass is 432 g/mol. The van der Waals surface area contributed by atoms with Crippen molar-refractivity contribution in [2.75, 3.05) is 25.5 Å². The van der Waals surface area contributed by atoms with E-state index in [1.54, 1.807) is 49.4 Å². The van der Waals surface area contributed by atoms with Crippen LogP contribution in [0.25, 0.3) is 10.1 Å². The SMILES string of the molecule is CCN(CC(=O)Nc1ccc2sc(C(=O)OC)cc2c1)S(=O)(=O)c1ccccc1. The second kappa shape index (κ2) is 8.73. The molecule has 0 aliphatic carbocycles. The highest BCUT2D eigenvalue weighted by molar-refractivity contribution is 7.89. The fourth-order valence-corrected chi connectivity index (χ4v) is 5.18. The number of nitrogens with zero attached hydrogens (tertiary/aromatic N) is 1. The van der Waals surface area contributed by atoms with Gasteiger partial charge in [0.05, 0.1) is 18.6 Å². The van der Waals surface area contributed by atoms with Crippen molar-refractivity contribution >= 4 is 49.0 Å². The van der Waals surface area contributed by atoms with Gasteiger partial charge in [-0.1, -0.05) is 25.1 Å². The number of sulfonamides is 1. The van der Waals surface area contributed by atoms with Crippen LogP contribution in [0.2, 0.25) is 0 Å². The van der Waals surface area contributed by atoms with E-state index in [0.29, 0.717) is 10.6 Å². The van der Waals surface area contributed by atoms with Crippen molar-refractivity contribution in [3.05, 3.63) is 59.5 Å². The second-order valence-electron chi connectivity index (χ2n) is 6.15. The Hall–Kier alpha value is -2.75. The Labute approximate surface area is 173 Å². The Morgan fingerprint density at radius 2 is 1.83 bits per heavy atom. The lowest BCUT2D eigenvalue weighted by Gasteiger charge is -2.20. The number of amides is 1. The van der Waals surface area contributed by atoms with Gasteiger partial charge in [-0.15, -0.1) is 11.3 Å². The summed E-state index contributed by atoms with van der Waals surface area (Å²) in [4.78, 5) is 24.7. The Morgan fingerprint density at radius 1 is 1.10 bits per heavy atom.